The number of nitrogens with one attached hydrogen (secondary N) is 1. The molecule has 0 saturated carbocycles. The van der Waals surface area contributed by atoms with Crippen molar-refractivity contribution < 1.29 is 0 Å². The summed E-state index contributed by atoms with van der Waals surface area (Å²) in [5, 5.41) is 3.33. The fourth-order valence-electron chi connectivity index (χ4n) is 2.19. The average Bonchev–Trinajstić information content (AvgIpc) is 2.37. The Balaban J connectivity index is 2.99. The predicted molar refractivity (Wildman–Crippen MR) is 76.7 cm³/mol. The van der Waals surface area contributed by atoms with E-state index in [1.54, 1.807) is 0 Å². The number of anilines is 1. The number of hydrogen-bond acceptors (Lipinski definition) is 2. The van der Waals surface area contributed by atoms with Gasteiger partial charge < -0.3 is 10.2 Å². The van der Waals surface area contributed by atoms with Gasteiger partial charge in [0.2, 0.25) is 0 Å². The van der Waals surface area contributed by atoms with Crippen LogP contribution in [0.5, 0.6) is 0 Å². The third-order valence-corrected chi connectivity index (χ3v) is 3.16. The van der Waals surface area contributed by atoms with Gasteiger partial charge in [-0.2, -0.15) is 0 Å². The van der Waals surface area contributed by atoms with Crippen LogP contribution in [0, 0.1) is 0 Å². The molecular formula is C15H26N2. The molecule has 96 valence electrons. The molecule has 0 heterocycles. The number of nitrogens with zero attached hydrogens (tertiary/aromatic N) is 1. The Hall–Kier alpha value is -1.02. The van der Waals surface area contributed by atoms with Gasteiger partial charge in [-0.3, -0.25) is 0 Å². The maximum atomic E-state index is 3.33. The molecule has 0 radical (unpaired) electrons. The SMILES string of the molecule is CCCN(CCC)c1ccccc1C(C)NC. The van der Waals surface area contributed by atoms with Crippen molar-refractivity contribution in [3.05, 3.63) is 29.8 Å². The topological polar surface area (TPSA) is 15.3 Å². The Morgan fingerprint density at radius 1 is 1.12 bits per heavy atom. The molecule has 0 aromatic heterocycles. The molecule has 1 aromatic carbocycles. The van der Waals surface area contributed by atoms with E-state index in [0.717, 1.165) is 13.1 Å². The standard InChI is InChI=1S/C15H26N2/c1-5-11-17(12-6-2)15-10-8-7-9-14(15)13(3)16-4/h7-10,13,16H,5-6,11-12H2,1-4H3. The first kappa shape index (κ1) is 14.0. The lowest BCUT2D eigenvalue weighted by molar-refractivity contribution is 0.644. The maximum Gasteiger partial charge on any atom is 0.0414 e. The first-order chi connectivity index (χ1) is 8.24. The Kier molecular flexibility index (Phi) is 6.06. The second-order valence-electron chi connectivity index (χ2n) is 4.56. The lowest BCUT2D eigenvalue weighted by Gasteiger charge is -2.28. The van der Waals surface area contributed by atoms with Gasteiger partial charge in [0.05, 0.1) is 0 Å². The highest BCUT2D eigenvalue weighted by molar-refractivity contribution is 5.54. The minimum absolute atomic E-state index is 0.405. The zero-order valence-corrected chi connectivity index (χ0v) is 11.7. The van der Waals surface area contributed by atoms with Crippen molar-refractivity contribution in [1.29, 1.82) is 0 Å². The fraction of sp³-hybridized carbons (Fsp3) is 0.600. The lowest BCUT2D eigenvalue weighted by atomic mass is 10.0. The van der Waals surface area contributed by atoms with Crippen molar-refractivity contribution >= 4 is 5.69 Å². The van der Waals surface area contributed by atoms with E-state index < -0.39 is 0 Å². The number of benzene rings is 1. The van der Waals surface area contributed by atoms with Crippen LogP contribution in [0.1, 0.15) is 45.2 Å². The molecule has 0 aliphatic heterocycles. The van der Waals surface area contributed by atoms with Crippen LogP contribution in [0.2, 0.25) is 0 Å². The van der Waals surface area contributed by atoms with Gasteiger partial charge in [-0.1, -0.05) is 32.0 Å². The summed E-state index contributed by atoms with van der Waals surface area (Å²) in [5.74, 6) is 0. The van der Waals surface area contributed by atoms with Gasteiger partial charge in [0, 0.05) is 24.8 Å². The van der Waals surface area contributed by atoms with Gasteiger partial charge in [0.25, 0.3) is 0 Å². The summed E-state index contributed by atoms with van der Waals surface area (Å²) in [6.07, 6.45) is 2.39. The molecule has 1 unspecified atom stereocenters. The van der Waals surface area contributed by atoms with Crippen LogP contribution in [0.3, 0.4) is 0 Å². The van der Waals surface area contributed by atoms with Gasteiger partial charge in [0.15, 0.2) is 0 Å². The smallest absolute Gasteiger partial charge is 0.0414 e. The van der Waals surface area contributed by atoms with Crippen molar-refractivity contribution in [3.8, 4) is 0 Å². The van der Waals surface area contributed by atoms with Crippen molar-refractivity contribution in [3.63, 3.8) is 0 Å². The quantitative estimate of drug-likeness (QED) is 0.775. The highest BCUT2D eigenvalue weighted by Crippen LogP contribution is 2.26. The van der Waals surface area contributed by atoms with Crippen LogP contribution in [-0.4, -0.2) is 20.1 Å². The molecule has 0 aliphatic carbocycles. The van der Waals surface area contributed by atoms with Crippen molar-refractivity contribution in [2.24, 2.45) is 0 Å². The lowest BCUT2D eigenvalue weighted by Crippen LogP contribution is -2.27. The van der Waals surface area contributed by atoms with E-state index in [-0.39, 0.29) is 0 Å². The van der Waals surface area contributed by atoms with E-state index >= 15 is 0 Å². The van der Waals surface area contributed by atoms with Crippen LogP contribution in [0.25, 0.3) is 0 Å². The Morgan fingerprint density at radius 2 is 1.71 bits per heavy atom. The third-order valence-electron chi connectivity index (χ3n) is 3.16. The summed E-state index contributed by atoms with van der Waals surface area (Å²) in [6, 6.07) is 9.15. The van der Waals surface area contributed by atoms with E-state index in [1.807, 2.05) is 7.05 Å². The first-order valence-electron chi connectivity index (χ1n) is 6.75. The molecule has 17 heavy (non-hydrogen) atoms. The van der Waals surface area contributed by atoms with E-state index in [9.17, 15) is 0 Å². The van der Waals surface area contributed by atoms with Gasteiger partial charge in [0.1, 0.15) is 0 Å². The zero-order chi connectivity index (χ0) is 12.7. The molecule has 1 aromatic rings. The summed E-state index contributed by atoms with van der Waals surface area (Å²) in [7, 11) is 2.02. The highest BCUT2D eigenvalue weighted by atomic mass is 15.1. The molecule has 2 heteroatoms. The Labute approximate surface area is 106 Å². The Morgan fingerprint density at radius 3 is 2.24 bits per heavy atom. The minimum Gasteiger partial charge on any atom is -0.371 e. The van der Waals surface area contributed by atoms with Crippen LogP contribution in [0.4, 0.5) is 5.69 Å². The van der Waals surface area contributed by atoms with Crippen LogP contribution >= 0.6 is 0 Å². The van der Waals surface area contributed by atoms with Crippen LogP contribution in [-0.2, 0) is 0 Å². The Bertz CT molecular complexity index is 316. The normalized spacial score (nSPS) is 12.5. The zero-order valence-electron chi connectivity index (χ0n) is 11.7. The monoisotopic (exact) mass is 234 g/mol. The summed E-state index contributed by atoms with van der Waals surface area (Å²) >= 11 is 0. The van der Waals surface area contributed by atoms with Crippen molar-refractivity contribution in [2.75, 3.05) is 25.0 Å². The molecule has 1 atom stereocenters. The molecule has 0 amide bonds. The molecule has 1 N–H and O–H groups in total. The molecular weight excluding hydrogens is 208 g/mol. The van der Waals surface area contributed by atoms with Crippen LogP contribution < -0.4 is 10.2 Å². The average molecular weight is 234 g/mol. The second-order valence-corrected chi connectivity index (χ2v) is 4.56. The van der Waals surface area contributed by atoms with Crippen LogP contribution in [0.15, 0.2) is 24.3 Å². The largest absolute Gasteiger partial charge is 0.371 e. The maximum absolute atomic E-state index is 3.33. The molecule has 0 spiro atoms. The van der Waals surface area contributed by atoms with Crippen molar-refractivity contribution in [2.45, 2.75) is 39.7 Å². The predicted octanol–water partition coefficient (Wildman–Crippen LogP) is 3.59. The molecule has 0 bridgehead atoms. The number of para-hydroxylation sites is 1. The molecule has 2 nitrogen and oxygen atoms in total. The van der Waals surface area contributed by atoms with E-state index in [0.29, 0.717) is 6.04 Å². The van der Waals surface area contributed by atoms with Gasteiger partial charge in [-0.05, 0) is 38.4 Å². The third kappa shape index (κ3) is 3.74. The second kappa shape index (κ2) is 7.33. The van der Waals surface area contributed by atoms with Gasteiger partial charge in [-0.25, -0.2) is 0 Å². The summed E-state index contributed by atoms with van der Waals surface area (Å²) in [5.41, 5.74) is 2.79. The van der Waals surface area contributed by atoms with E-state index in [1.165, 1.54) is 24.1 Å². The van der Waals surface area contributed by atoms with E-state index in [2.05, 4.69) is 55.3 Å². The molecule has 0 aliphatic rings. The summed E-state index contributed by atoms with van der Waals surface area (Å²) < 4.78 is 0. The first-order valence-corrected chi connectivity index (χ1v) is 6.75. The van der Waals surface area contributed by atoms with E-state index in [4.69, 9.17) is 0 Å². The van der Waals surface area contributed by atoms with Crippen molar-refractivity contribution in [1.82, 2.24) is 5.32 Å². The summed E-state index contributed by atoms with van der Waals surface area (Å²) in [6.45, 7) is 8.98. The molecule has 0 saturated heterocycles. The fourth-order valence-corrected chi connectivity index (χ4v) is 2.19. The summed E-state index contributed by atoms with van der Waals surface area (Å²) in [4.78, 5) is 2.50. The van der Waals surface area contributed by atoms with Gasteiger partial charge in [-0.15, -0.1) is 0 Å². The number of rotatable bonds is 7. The molecule has 1 rings (SSSR count). The number of hydrogen-bond donors (Lipinski definition) is 1. The minimum atomic E-state index is 0.405. The van der Waals surface area contributed by atoms with Gasteiger partial charge >= 0.3 is 0 Å². The molecule has 0 fully saturated rings. The highest BCUT2D eigenvalue weighted by Gasteiger charge is 2.12.